The van der Waals surface area contributed by atoms with Crippen LogP contribution in [0.2, 0.25) is 0 Å². The number of nitriles is 2. The number of carbonyl (C=O) groups is 2. The minimum Gasteiger partial charge on any atom is -0.308 e. The van der Waals surface area contributed by atoms with Crippen LogP contribution in [0.3, 0.4) is 0 Å². The predicted molar refractivity (Wildman–Crippen MR) is 204 cm³/mol. The second kappa shape index (κ2) is 12.1. The Morgan fingerprint density at radius 2 is 0.962 bits per heavy atom. The van der Waals surface area contributed by atoms with Crippen LogP contribution in [-0.4, -0.2) is 16.4 Å². The first-order valence-electron chi connectivity index (χ1n) is 16.8. The van der Waals surface area contributed by atoms with Gasteiger partial charge in [0.05, 0.1) is 56.8 Å². The molecule has 0 atom stereocenters. The highest BCUT2D eigenvalue weighted by molar-refractivity contribution is 6.36. The number of anilines is 1. The molecule has 0 saturated carbocycles. The van der Waals surface area contributed by atoms with Gasteiger partial charge in [0.2, 0.25) is 0 Å². The fraction of sp³-hybridized carbons (Fsp3) is 0. The van der Waals surface area contributed by atoms with Crippen molar-refractivity contribution in [2.45, 2.75) is 0 Å². The number of hydrogen-bond donors (Lipinski definition) is 0. The molecule has 1 aromatic heterocycles. The maximum absolute atomic E-state index is 14.5. The molecule has 242 valence electrons. The van der Waals surface area contributed by atoms with Crippen LogP contribution in [0.4, 0.5) is 5.69 Å². The zero-order valence-corrected chi connectivity index (χ0v) is 27.6. The lowest BCUT2D eigenvalue weighted by atomic mass is 9.99. The molecule has 8 aromatic rings. The molecule has 0 aliphatic carbocycles. The molecule has 6 heteroatoms. The van der Waals surface area contributed by atoms with E-state index in [1.165, 1.54) is 4.90 Å². The molecule has 52 heavy (non-hydrogen) atoms. The van der Waals surface area contributed by atoms with Crippen LogP contribution in [0.1, 0.15) is 31.8 Å². The minimum absolute atomic E-state index is 0.341. The van der Waals surface area contributed by atoms with Crippen LogP contribution in [0.5, 0.6) is 0 Å². The van der Waals surface area contributed by atoms with Crippen molar-refractivity contribution in [2.75, 3.05) is 4.90 Å². The van der Waals surface area contributed by atoms with E-state index in [-0.39, 0.29) is 11.8 Å². The van der Waals surface area contributed by atoms with Gasteiger partial charge in [0.25, 0.3) is 11.8 Å². The molecule has 0 fully saturated rings. The SMILES string of the molecule is N#Cc1cccc(-c2ccc3c(c2)c2cc(-c4cccc(C#N)c4)ccc2n3-c2cccc3c2C(=O)N(c2cccc(-c4ccccc4)c2)C3=O)c1. The Morgan fingerprint density at radius 1 is 0.442 bits per heavy atom. The summed E-state index contributed by atoms with van der Waals surface area (Å²) in [6, 6.07) is 54.6. The quantitative estimate of drug-likeness (QED) is 0.171. The van der Waals surface area contributed by atoms with Gasteiger partial charge in [0.15, 0.2) is 0 Å². The highest BCUT2D eigenvalue weighted by Gasteiger charge is 2.39. The minimum atomic E-state index is -0.384. The molecule has 0 N–H and O–H groups in total. The largest absolute Gasteiger partial charge is 0.308 e. The Morgan fingerprint density at radius 3 is 1.56 bits per heavy atom. The summed E-state index contributed by atoms with van der Waals surface area (Å²) in [4.78, 5) is 29.8. The van der Waals surface area contributed by atoms with E-state index in [4.69, 9.17) is 0 Å². The first-order valence-corrected chi connectivity index (χ1v) is 16.8. The number of imide groups is 1. The smallest absolute Gasteiger partial charge is 0.268 e. The van der Waals surface area contributed by atoms with Gasteiger partial charge >= 0.3 is 0 Å². The summed E-state index contributed by atoms with van der Waals surface area (Å²) in [5.41, 5.74) is 10.3. The molecule has 2 amide bonds. The Bertz CT molecular complexity index is 2760. The Labute approximate surface area is 299 Å². The topological polar surface area (TPSA) is 89.9 Å². The van der Waals surface area contributed by atoms with Crippen molar-refractivity contribution < 1.29 is 9.59 Å². The number of nitrogens with zero attached hydrogens (tertiary/aromatic N) is 4. The Hall–Kier alpha value is -7.54. The maximum Gasteiger partial charge on any atom is 0.268 e. The van der Waals surface area contributed by atoms with Crippen LogP contribution in [-0.2, 0) is 0 Å². The van der Waals surface area contributed by atoms with Gasteiger partial charge in [-0.1, -0.05) is 84.9 Å². The van der Waals surface area contributed by atoms with E-state index in [0.717, 1.165) is 55.2 Å². The first kappa shape index (κ1) is 30.5. The van der Waals surface area contributed by atoms with Crippen molar-refractivity contribution in [1.82, 2.24) is 4.57 Å². The van der Waals surface area contributed by atoms with Gasteiger partial charge in [-0.3, -0.25) is 9.59 Å². The van der Waals surface area contributed by atoms with Gasteiger partial charge in [-0.25, -0.2) is 4.90 Å². The summed E-state index contributed by atoms with van der Waals surface area (Å²) in [5.74, 6) is -0.752. The molecule has 0 bridgehead atoms. The monoisotopic (exact) mass is 666 g/mol. The molecular formula is C46H26N4O2. The van der Waals surface area contributed by atoms with E-state index in [1.54, 1.807) is 24.3 Å². The van der Waals surface area contributed by atoms with E-state index in [0.29, 0.717) is 33.6 Å². The van der Waals surface area contributed by atoms with Crippen LogP contribution < -0.4 is 4.90 Å². The summed E-state index contributed by atoms with van der Waals surface area (Å²) in [5, 5.41) is 21.0. The fourth-order valence-corrected chi connectivity index (χ4v) is 7.32. The van der Waals surface area contributed by atoms with E-state index in [9.17, 15) is 20.1 Å². The number of amides is 2. The second-order valence-corrected chi connectivity index (χ2v) is 12.7. The number of hydrogen-bond acceptors (Lipinski definition) is 4. The fourth-order valence-electron chi connectivity index (χ4n) is 7.32. The third-order valence-electron chi connectivity index (χ3n) is 9.76. The van der Waals surface area contributed by atoms with E-state index < -0.39 is 0 Å². The maximum atomic E-state index is 14.5. The highest BCUT2D eigenvalue weighted by Crippen LogP contribution is 2.41. The molecule has 9 rings (SSSR count). The second-order valence-electron chi connectivity index (χ2n) is 12.7. The van der Waals surface area contributed by atoms with Crippen molar-refractivity contribution in [1.29, 1.82) is 10.5 Å². The van der Waals surface area contributed by atoms with E-state index >= 15 is 0 Å². The highest BCUT2D eigenvalue weighted by atomic mass is 16.2. The number of benzene rings is 7. The lowest BCUT2D eigenvalue weighted by Crippen LogP contribution is -2.29. The van der Waals surface area contributed by atoms with Crippen molar-refractivity contribution in [3.8, 4) is 51.2 Å². The summed E-state index contributed by atoms with van der Waals surface area (Å²) in [7, 11) is 0. The normalized spacial score (nSPS) is 12.2. The standard InChI is InChI=1S/C46H26N4O2/c47-27-29-8-4-12-32(22-29)35-18-20-41-39(25-35)40-26-36(33-13-5-9-30(23-33)28-48)19-21-42(40)50(41)43-17-7-16-38-44(43)46(52)49(45(38)51)37-15-6-14-34(24-37)31-10-2-1-3-11-31/h1-26H. The number of aromatic nitrogens is 1. The number of carbonyl (C=O) groups excluding carboxylic acids is 2. The molecular weight excluding hydrogens is 641 g/mol. The summed E-state index contributed by atoms with van der Waals surface area (Å²) in [6.45, 7) is 0. The lowest BCUT2D eigenvalue weighted by molar-refractivity contribution is 0.0926. The van der Waals surface area contributed by atoms with Crippen LogP contribution >= 0.6 is 0 Å². The zero-order chi connectivity index (χ0) is 35.3. The molecule has 6 nitrogen and oxygen atoms in total. The number of fused-ring (bicyclic) bond motifs is 4. The van der Waals surface area contributed by atoms with Crippen LogP contribution in [0, 0.1) is 22.7 Å². The van der Waals surface area contributed by atoms with E-state index in [2.05, 4.69) is 28.8 Å². The Kier molecular flexibility index (Phi) is 7.10. The van der Waals surface area contributed by atoms with Gasteiger partial charge in [0.1, 0.15) is 0 Å². The first-order chi connectivity index (χ1) is 25.5. The molecule has 0 unspecified atom stereocenters. The van der Waals surface area contributed by atoms with Gasteiger partial charge in [0, 0.05) is 10.8 Å². The Balaban J connectivity index is 1.24. The van der Waals surface area contributed by atoms with Crippen LogP contribution in [0.25, 0.3) is 60.9 Å². The van der Waals surface area contributed by atoms with Crippen molar-refractivity contribution in [3.63, 3.8) is 0 Å². The van der Waals surface area contributed by atoms with Crippen molar-refractivity contribution in [3.05, 3.63) is 180 Å². The number of rotatable bonds is 5. The predicted octanol–water partition coefficient (Wildman–Crippen LogP) is 10.3. The molecule has 0 spiro atoms. The molecule has 1 aliphatic heterocycles. The van der Waals surface area contributed by atoms with Crippen LogP contribution in [0.15, 0.2) is 158 Å². The van der Waals surface area contributed by atoms with Gasteiger partial charge in [-0.15, -0.1) is 0 Å². The molecule has 1 aliphatic rings. The average molecular weight is 667 g/mol. The van der Waals surface area contributed by atoms with Gasteiger partial charge < -0.3 is 4.57 Å². The molecule has 0 radical (unpaired) electrons. The molecule has 2 heterocycles. The third kappa shape index (κ3) is 4.87. The molecule has 7 aromatic carbocycles. The summed E-state index contributed by atoms with van der Waals surface area (Å²) < 4.78 is 2.06. The van der Waals surface area contributed by atoms with Crippen molar-refractivity contribution in [2.24, 2.45) is 0 Å². The summed E-state index contributed by atoms with van der Waals surface area (Å²) >= 11 is 0. The average Bonchev–Trinajstić information content (AvgIpc) is 3.67. The summed E-state index contributed by atoms with van der Waals surface area (Å²) in [6.07, 6.45) is 0. The third-order valence-corrected chi connectivity index (χ3v) is 9.76. The van der Waals surface area contributed by atoms with Crippen molar-refractivity contribution >= 4 is 39.3 Å². The lowest BCUT2D eigenvalue weighted by Gasteiger charge is -2.16. The van der Waals surface area contributed by atoms with Gasteiger partial charge in [-0.05, 0) is 106 Å². The van der Waals surface area contributed by atoms with E-state index in [1.807, 2.05) is 121 Å². The zero-order valence-electron chi connectivity index (χ0n) is 27.6. The molecule has 0 saturated heterocycles. The van der Waals surface area contributed by atoms with Gasteiger partial charge in [-0.2, -0.15) is 10.5 Å².